The van der Waals surface area contributed by atoms with Crippen LogP contribution in [0.15, 0.2) is 59.1 Å². The molecule has 1 heterocycles. The molecule has 3 aromatic carbocycles. The highest BCUT2D eigenvalue weighted by Gasteiger charge is 2.21. The summed E-state index contributed by atoms with van der Waals surface area (Å²) in [6, 6.07) is 18.3. The molecule has 12 heteroatoms. The van der Waals surface area contributed by atoms with Crippen molar-refractivity contribution in [2.75, 3.05) is 0 Å². The number of carbonyl (C=O) groups excluding carboxylic acids is 1. The summed E-state index contributed by atoms with van der Waals surface area (Å²) in [5, 5.41) is 33.5. The normalized spacial score (nSPS) is 11.5. The van der Waals surface area contributed by atoms with Gasteiger partial charge in [-0.15, -0.1) is 17.9 Å². The van der Waals surface area contributed by atoms with Gasteiger partial charge < -0.3 is 24.3 Å². The molecule has 0 bridgehead atoms. The Hall–Kier alpha value is -4.50. The number of aliphatic carboxylic acids is 1. The maximum absolute atomic E-state index is 11.7. The molecular formula is C27H25ClN4O7. The first-order valence-electron chi connectivity index (χ1n) is 11.7. The van der Waals surface area contributed by atoms with Crippen molar-refractivity contribution in [2.45, 2.75) is 39.0 Å². The van der Waals surface area contributed by atoms with E-state index in [2.05, 4.69) is 21.7 Å². The van der Waals surface area contributed by atoms with Gasteiger partial charge in [-0.05, 0) is 48.4 Å². The number of aliphatic hydroxyl groups is 1. The highest BCUT2D eigenvalue weighted by molar-refractivity contribution is 5.97. The van der Waals surface area contributed by atoms with Crippen molar-refractivity contribution in [1.29, 1.82) is 5.26 Å². The number of aromatic nitrogens is 2. The predicted molar refractivity (Wildman–Crippen MR) is 142 cm³/mol. The molecule has 4 aromatic rings. The number of fused-ring (bicyclic) bond motifs is 1. The first-order valence-corrected chi connectivity index (χ1v) is 11.7. The summed E-state index contributed by atoms with van der Waals surface area (Å²) in [6.45, 7) is 3.86. The summed E-state index contributed by atoms with van der Waals surface area (Å²) in [5.74, 6) is -1.34. The average molecular weight is 553 g/mol. The Labute approximate surface area is 229 Å². The molecule has 0 spiro atoms. The molecule has 0 saturated carbocycles. The molecule has 0 fully saturated rings. The van der Waals surface area contributed by atoms with E-state index in [4.69, 9.17) is 19.2 Å². The number of aliphatic hydroxyl groups excluding tert-OH is 1. The summed E-state index contributed by atoms with van der Waals surface area (Å²) < 4.78 is 11.2. The van der Waals surface area contributed by atoms with E-state index < -0.39 is 24.5 Å². The fraction of sp³-hybridized carbons (Fsp3) is 0.222. The van der Waals surface area contributed by atoms with Gasteiger partial charge in [0.1, 0.15) is 11.8 Å². The van der Waals surface area contributed by atoms with Gasteiger partial charge in [-0.25, -0.2) is 4.79 Å². The first-order chi connectivity index (χ1) is 18.3. The number of carboxylic acids is 1. The Morgan fingerprint density at radius 3 is 2.56 bits per heavy atom. The smallest absolute Gasteiger partial charge is 0.354 e. The molecule has 202 valence electrons. The number of hydrogen-bond acceptors (Lipinski definition) is 10. The first kappa shape index (κ1) is 29.1. The number of hydrogen-bond donors (Lipinski definition) is 3. The molecule has 0 aliphatic carbocycles. The summed E-state index contributed by atoms with van der Waals surface area (Å²) >= 11 is 0. The standard InChI is InChI=1S/C27H24N4O7.ClH/c1-15(2)36-23-10-8-16(11-18(23)13-28)26-30-25(31-37-26)21-9-7-17(19-5-3-4-6-20(19)21)14-29-38-27(35)22(32)12-24(33)34;/h3-11,15,22,29,32H,12,14H2,1-2H3,(H,33,34);1H. The summed E-state index contributed by atoms with van der Waals surface area (Å²) in [7, 11) is 0. The monoisotopic (exact) mass is 552 g/mol. The van der Waals surface area contributed by atoms with E-state index in [0.717, 1.165) is 16.3 Å². The molecule has 0 aliphatic heterocycles. The molecule has 1 atom stereocenters. The van der Waals surface area contributed by atoms with E-state index in [9.17, 15) is 20.0 Å². The number of nitriles is 1. The maximum atomic E-state index is 11.7. The zero-order chi connectivity index (χ0) is 27.2. The average Bonchev–Trinajstić information content (AvgIpc) is 3.38. The zero-order valence-electron chi connectivity index (χ0n) is 21.0. The predicted octanol–water partition coefficient (Wildman–Crippen LogP) is 4.02. The lowest BCUT2D eigenvalue weighted by atomic mass is 9.99. The van der Waals surface area contributed by atoms with E-state index in [1.165, 1.54) is 0 Å². The van der Waals surface area contributed by atoms with Gasteiger partial charge in [-0.2, -0.15) is 10.2 Å². The fourth-order valence-electron chi connectivity index (χ4n) is 3.77. The van der Waals surface area contributed by atoms with Crippen LogP contribution in [-0.2, 0) is 21.0 Å². The minimum Gasteiger partial charge on any atom is -0.490 e. The molecule has 0 saturated heterocycles. The number of carboxylic acid groups (broad SMARTS) is 1. The fourth-order valence-corrected chi connectivity index (χ4v) is 3.77. The van der Waals surface area contributed by atoms with Crippen LogP contribution in [0.2, 0.25) is 0 Å². The molecule has 3 N–H and O–H groups in total. The third-order valence-corrected chi connectivity index (χ3v) is 5.47. The lowest BCUT2D eigenvalue weighted by Crippen LogP contribution is -2.30. The van der Waals surface area contributed by atoms with E-state index in [-0.39, 0.29) is 30.9 Å². The summed E-state index contributed by atoms with van der Waals surface area (Å²) in [4.78, 5) is 31.7. The van der Waals surface area contributed by atoms with Gasteiger partial charge in [0.2, 0.25) is 5.82 Å². The molecule has 0 aliphatic rings. The quantitative estimate of drug-likeness (QED) is 0.243. The van der Waals surface area contributed by atoms with E-state index in [1.54, 1.807) is 30.3 Å². The molecule has 11 nitrogen and oxygen atoms in total. The van der Waals surface area contributed by atoms with Crippen LogP contribution in [0.1, 0.15) is 31.4 Å². The van der Waals surface area contributed by atoms with E-state index >= 15 is 0 Å². The number of nitrogens with zero attached hydrogens (tertiary/aromatic N) is 3. The van der Waals surface area contributed by atoms with Gasteiger partial charge in [0.15, 0.2) is 6.10 Å². The van der Waals surface area contributed by atoms with Crippen molar-refractivity contribution in [3.8, 4) is 34.7 Å². The highest BCUT2D eigenvalue weighted by atomic mass is 35.5. The Kier molecular flexibility index (Phi) is 9.57. The molecule has 1 aromatic heterocycles. The van der Waals surface area contributed by atoms with E-state index in [0.29, 0.717) is 28.3 Å². The second kappa shape index (κ2) is 12.8. The minimum absolute atomic E-state index is 0. The number of ether oxygens (including phenoxy) is 1. The van der Waals surface area contributed by atoms with E-state index in [1.807, 2.05) is 38.1 Å². The van der Waals surface area contributed by atoms with Crippen molar-refractivity contribution in [1.82, 2.24) is 15.6 Å². The number of rotatable bonds is 10. The molecule has 0 amide bonds. The van der Waals surface area contributed by atoms with Crippen molar-refractivity contribution in [3.05, 3.63) is 65.7 Å². The third kappa shape index (κ3) is 6.88. The number of hydroxylamine groups is 1. The van der Waals surface area contributed by atoms with Crippen molar-refractivity contribution in [2.24, 2.45) is 0 Å². The summed E-state index contributed by atoms with van der Waals surface area (Å²) in [5.41, 5.74) is 4.88. The van der Waals surface area contributed by atoms with Crippen LogP contribution in [0.5, 0.6) is 5.75 Å². The second-order valence-corrected chi connectivity index (χ2v) is 8.59. The maximum Gasteiger partial charge on any atom is 0.354 e. The second-order valence-electron chi connectivity index (χ2n) is 8.59. The number of benzene rings is 3. The lowest BCUT2D eigenvalue weighted by molar-refractivity contribution is -0.165. The lowest BCUT2D eigenvalue weighted by Gasteiger charge is -2.12. The van der Waals surface area contributed by atoms with Crippen LogP contribution < -0.4 is 10.2 Å². The molecule has 4 rings (SSSR count). The van der Waals surface area contributed by atoms with Gasteiger partial charge in [0.25, 0.3) is 5.89 Å². The van der Waals surface area contributed by atoms with Crippen LogP contribution in [0.3, 0.4) is 0 Å². The molecular weight excluding hydrogens is 528 g/mol. The van der Waals surface area contributed by atoms with Crippen molar-refractivity contribution < 1.29 is 33.9 Å². The largest absolute Gasteiger partial charge is 0.490 e. The van der Waals surface area contributed by atoms with Crippen molar-refractivity contribution >= 4 is 35.1 Å². The SMILES string of the molecule is CC(C)Oc1ccc(-c2nc(-c3ccc(CNOC(=O)C(O)CC(=O)O)c4ccccc34)no2)cc1C#N.Cl. The zero-order valence-corrected chi connectivity index (χ0v) is 21.8. The Morgan fingerprint density at radius 1 is 1.13 bits per heavy atom. The van der Waals surface area contributed by atoms with Crippen LogP contribution >= 0.6 is 12.4 Å². The van der Waals surface area contributed by atoms with Crippen molar-refractivity contribution in [3.63, 3.8) is 0 Å². The number of halogens is 1. The van der Waals surface area contributed by atoms with Crippen LogP contribution in [0.25, 0.3) is 33.6 Å². The number of nitrogens with one attached hydrogen (secondary N) is 1. The molecule has 0 radical (unpaired) electrons. The molecule has 1 unspecified atom stereocenters. The van der Waals surface area contributed by atoms with Crippen LogP contribution in [-0.4, -0.2) is 44.5 Å². The summed E-state index contributed by atoms with van der Waals surface area (Å²) in [6.07, 6.45) is -2.60. The van der Waals surface area contributed by atoms with Gasteiger partial charge in [0.05, 0.1) is 24.6 Å². The van der Waals surface area contributed by atoms with Gasteiger partial charge in [-0.3, -0.25) is 4.79 Å². The Bertz CT molecular complexity index is 1530. The minimum atomic E-state index is -1.77. The van der Waals surface area contributed by atoms with Crippen LogP contribution in [0, 0.1) is 11.3 Å². The Morgan fingerprint density at radius 2 is 1.87 bits per heavy atom. The number of carbonyl (C=O) groups is 2. The van der Waals surface area contributed by atoms with Gasteiger partial charge in [-0.1, -0.05) is 41.6 Å². The highest BCUT2D eigenvalue weighted by Crippen LogP contribution is 2.32. The third-order valence-electron chi connectivity index (χ3n) is 5.47. The van der Waals surface area contributed by atoms with Crippen LogP contribution in [0.4, 0.5) is 0 Å². The van der Waals surface area contributed by atoms with Gasteiger partial charge >= 0.3 is 11.9 Å². The topological polar surface area (TPSA) is 168 Å². The molecule has 39 heavy (non-hydrogen) atoms. The Balaban J connectivity index is 0.00000420. The van der Waals surface area contributed by atoms with Gasteiger partial charge in [0, 0.05) is 11.1 Å².